The lowest BCUT2D eigenvalue weighted by Crippen LogP contribution is -2.50. The van der Waals surface area contributed by atoms with Gasteiger partial charge in [-0.3, -0.25) is 10.2 Å². The summed E-state index contributed by atoms with van der Waals surface area (Å²) in [6, 6.07) is -0.318. The summed E-state index contributed by atoms with van der Waals surface area (Å²) in [6.45, 7) is 3.51. The SMILES string of the molecule is CS(=O)(=O)N1CCN(CCNC(=O)Nc2nncs2)CC1. The summed E-state index contributed by atoms with van der Waals surface area (Å²) in [5.41, 5.74) is 1.54. The average molecular weight is 334 g/mol. The van der Waals surface area contributed by atoms with Crippen LogP contribution in [0, 0.1) is 0 Å². The van der Waals surface area contributed by atoms with Gasteiger partial charge in [0.2, 0.25) is 15.2 Å². The van der Waals surface area contributed by atoms with Gasteiger partial charge in [-0.15, -0.1) is 10.2 Å². The molecule has 0 radical (unpaired) electrons. The molecular weight excluding hydrogens is 316 g/mol. The third kappa shape index (κ3) is 5.19. The Hall–Kier alpha value is -1.30. The summed E-state index contributed by atoms with van der Waals surface area (Å²) in [7, 11) is -3.10. The number of carbonyl (C=O) groups excluding carboxylic acids is 1. The number of urea groups is 1. The van der Waals surface area contributed by atoms with E-state index in [-0.39, 0.29) is 6.03 Å². The Morgan fingerprint density at radius 2 is 2.10 bits per heavy atom. The molecule has 21 heavy (non-hydrogen) atoms. The van der Waals surface area contributed by atoms with E-state index in [0.29, 0.717) is 44.4 Å². The van der Waals surface area contributed by atoms with Crippen molar-refractivity contribution in [2.75, 3.05) is 50.8 Å². The maximum Gasteiger partial charge on any atom is 0.321 e. The van der Waals surface area contributed by atoms with Crippen molar-refractivity contribution in [3.8, 4) is 0 Å². The van der Waals surface area contributed by atoms with Crippen molar-refractivity contribution in [2.24, 2.45) is 0 Å². The predicted octanol–water partition coefficient (Wildman–Crippen LogP) is -0.763. The highest BCUT2D eigenvalue weighted by Crippen LogP contribution is 2.07. The number of rotatable bonds is 5. The van der Waals surface area contributed by atoms with Crippen molar-refractivity contribution in [3.05, 3.63) is 5.51 Å². The summed E-state index contributed by atoms with van der Waals surface area (Å²) >= 11 is 1.25. The number of hydrogen-bond donors (Lipinski definition) is 2. The number of nitrogens with one attached hydrogen (secondary N) is 2. The quantitative estimate of drug-likeness (QED) is 0.733. The fourth-order valence-electron chi connectivity index (χ4n) is 1.98. The van der Waals surface area contributed by atoms with Crippen molar-refractivity contribution in [1.29, 1.82) is 0 Å². The van der Waals surface area contributed by atoms with Gasteiger partial charge in [-0.25, -0.2) is 13.2 Å². The first-order chi connectivity index (χ1) is 9.95. The van der Waals surface area contributed by atoms with Crippen LogP contribution in [0.15, 0.2) is 5.51 Å². The molecule has 2 amide bonds. The molecule has 118 valence electrons. The highest BCUT2D eigenvalue weighted by Gasteiger charge is 2.22. The standard InChI is InChI=1S/C10H18N6O3S2/c1-21(18,19)16-6-4-15(5-7-16)3-2-11-9(17)13-10-14-12-8-20-10/h8H,2-7H2,1H3,(H2,11,13,14,17). The van der Waals surface area contributed by atoms with E-state index in [1.54, 1.807) is 0 Å². The number of aromatic nitrogens is 2. The van der Waals surface area contributed by atoms with Gasteiger partial charge in [-0.2, -0.15) is 4.31 Å². The monoisotopic (exact) mass is 334 g/mol. The Morgan fingerprint density at radius 1 is 1.38 bits per heavy atom. The minimum Gasteiger partial charge on any atom is -0.337 e. The number of nitrogens with zero attached hydrogens (tertiary/aromatic N) is 4. The minimum absolute atomic E-state index is 0.318. The Morgan fingerprint density at radius 3 is 2.67 bits per heavy atom. The van der Waals surface area contributed by atoms with Gasteiger partial charge in [0.25, 0.3) is 0 Å². The average Bonchev–Trinajstić information content (AvgIpc) is 2.91. The van der Waals surface area contributed by atoms with Gasteiger partial charge in [0.1, 0.15) is 5.51 Å². The molecule has 1 saturated heterocycles. The molecule has 2 heterocycles. The molecule has 2 N–H and O–H groups in total. The molecule has 2 rings (SSSR count). The second kappa shape index (κ2) is 7.11. The largest absolute Gasteiger partial charge is 0.337 e. The van der Waals surface area contributed by atoms with Gasteiger partial charge in [0.05, 0.1) is 6.26 Å². The minimum atomic E-state index is -3.10. The predicted molar refractivity (Wildman–Crippen MR) is 79.8 cm³/mol. The molecule has 0 atom stereocenters. The Bertz CT molecular complexity index is 553. The number of carbonyl (C=O) groups is 1. The highest BCUT2D eigenvalue weighted by molar-refractivity contribution is 7.88. The van der Waals surface area contributed by atoms with Gasteiger partial charge in [0.15, 0.2) is 0 Å². The summed E-state index contributed by atoms with van der Waals surface area (Å²) in [5, 5.41) is 13.1. The normalized spacial score (nSPS) is 17.6. The smallest absolute Gasteiger partial charge is 0.321 e. The maximum absolute atomic E-state index is 11.5. The molecule has 0 bridgehead atoms. The van der Waals surface area contributed by atoms with E-state index < -0.39 is 10.0 Å². The van der Waals surface area contributed by atoms with E-state index in [1.165, 1.54) is 27.4 Å². The highest BCUT2D eigenvalue weighted by atomic mass is 32.2. The van der Waals surface area contributed by atoms with Crippen LogP contribution in [0.25, 0.3) is 0 Å². The third-order valence-corrected chi connectivity index (χ3v) is 5.00. The van der Waals surface area contributed by atoms with Crippen molar-refractivity contribution < 1.29 is 13.2 Å². The number of hydrogen-bond acceptors (Lipinski definition) is 7. The Balaban J connectivity index is 1.63. The van der Waals surface area contributed by atoms with Crippen LogP contribution < -0.4 is 10.6 Å². The molecule has 0 aromatic carbocycles. The maximum atomic E-state index is 11.5. The molecule has 1 fully saturated rings. The fourth-order valence-corrected chi connectivity index (χ4v) is 3.25. The number of anilines is 1. The van der Waals surface area contributed by atoms with Crippen molar-refractivity contribution in [2.45, 2.75) is 0 Å². The molecule has 1 aromatic rings. The number of amides is 2. The zero-order valence-electron chi connectivity index (χ0n) is 11.7. The fraction of sp³-hybridized carbons (Fsp3) is 0.700. The van der Waals surface area contributed by atoms with E-state index in [4.69, 9.17) is 0 Å². The van der Waals surface area contributed by atoms with Crippen LogP contribution in [-0.2, 0) is 10.0 Å². The van der Waals surface area contributed by atoms with Crippen molar-refractivity contribution >= 4 is 32.5 Å². The Kier molecular flexibility index (Phi) is 5.45. The lowest BCUT2D eigenvalue weighted by molar-refractivity contribution is 0.189. The first-order valence-electron chi connectivity index (χ1n) is 6.43. The first-order valence-corrected chi connectivity index (χ1v) is 9.16. The molecule has 1 aromatic heterocycles. The van der Waals surface area contributed by atoms with Crippen LogP contribution >= 0.6 is 11.3 Å². The Labute approximate surface area is 127 Å². The van der Waals surface area contributed by atoms with Gasteiger partial charge in [-0.05, 0) is 0 Å². The molecule has 0 unspecified atom stereocenters. The first kappa shape index (κ1) is 16.1. The molecule has 0 spiro atoms. The molecule has 1 aliphatic rings. The summed E-state index contributed by atoms with van der Waals surface area (Å²) in [4.78, 5) is 13.7. The van der Waals surface area contributed by atoms with Crippen LogP contribution in [0.1, 0.15) is 0 Å². The van der Waals surface area contributed by atoms with E-state index in [9.17, 15) is 13.2 Å². The lowest BCUT2D eigenvalue weighted by atomic mass is 10.3. The molecule has 1 aliphatic heterocycles. The summed E-state index contributed by atoms with van der Waals surface area (Å²) < 4.78 is 24.2. The second-order valence-electron chi connectivity index (χ2n) is 4.63. The molecule has 0 saturated carbocycles. The van der Waals surface area contributed by atoms with Crippen molar-refractivity contribution in [1.82, 2.24) is 24.7 Å². The summed E-state index contributed by atoms with van der Waals surface area (Å²) in [6.07, 6.45) is 1.22. The van der Waals surface area contributed by atoms with Crippen LogP contribution in [0.4, 0.5) is 9.93 Å². The second-order valence-corrected chi connectivity index (χ2v) is 7.44. The van der Waals surface area contributed by atoms with E-state index in [0.717, 1.165) is 0 Å². The van der Waals surface area contributed by atoms with Gasteiger partial charge in [-0.1, -0.05) is 11.3 Å². The zero-order valence-corrected chi connectivity index (χ0v) is 13.3. The zero-order chi connectivity index (χ0) is 15.3. The van der Waals surface area contributed by atoms with E-state index >= 15 is 0 Å². The topological polar surface area (TPSA) is 108 Å². The molecule has 9 nitrogen and oxygen atoms in total. The molecule has 11 heteroatoms. The molecule has 0 aliphatic carbocycles. The van der Waals surface area contributed by atoms with Gasteiger partial charge >= 0.3 is 6.03 Å². The van der Waals surface area contributed by atoms with Crippen molar-refractivity contribution in [3.63, 3.8) is 0 Å². The number of piperazine rings is 1. The van der Waals surface area contributed by atoms with Gasteiger partial charge < -0.3 is 5.32 Å². The van der Waals surface area contributed by atoms with E-state index in [2.05, 4.69) is 25.7 Å². The van der Waals surface area contributed by atoms with Crippen LogP contribution in [0.3, 0.4) is 0 Å². The number of sulfonamides is 1. The van der Waals surface area contributed by atoms with E-state index in [1.807, 2.05) is 0 Å². The summed E-state index contributed by atoms with van der Waals surface area (Å²) in [5.74, 6) is 0. The van der Waals surface area contributed by atoms with Crippen LogP contribution in [0.5, 0.6) is 0 Å². The van der Waals surface area contributed by atoms with Crippen LogP contribution in [0.2, 0.25) is 0 Å². The lowest BCUT2D eigenvalue weighted by Gasteiger charge is -2.33. The third-order valence-electron chi connectivity index (χ3n) is 3.09. The molecular formula is C10H18N6O3S2. The van der Waals surface area contributed by atoms with Crippen LogP contribution in [-0.4, -0.2) is 79.4 Å². The van der Waals surface area contributed by atoms with Gasteiger partial charge in [0, 0.05) is 39.3 Å².